The van der Waals surface area contributed by atoms with Gasteiger partial charge in [0, 0.05) is 19.2 Å². The topological polar surface area (TPSA) is 87.7 Å². The van der Waals surface area contributed by atoms with Gasteiger partial charge in [0.1, 0.15) is 0 Å². The van der Waals surface area contributed by atoms with Gasteiger partial charge in [-0.25, -0.2) is 4.79 Å². The number of nitrogens with one attached hydrogen (secondary N) is 2. The Hall–Kier alpha value is -1.30. The highest BCUT2D eigenvalue weighted by atomic mass is 16.5. The van der Waals surface area contributed by atoms with Crippen molar-refractivity contribution < 1.29 is 19.4 Å². The van der Waals surface area contributed by atoms with Crippen molar-refractivity contribution >= 4 is 12.0 Å². The van der Waals surface area contributed by atoms with Gasteiger partial charge in [-0.15, -0.1) is 0 Å². The lowest BCUT2D eigenvalue weighted by molar-refractivity contribution is -0.147. The third-order valence-corrected chi connectivity index (χ3v) is 3.76. The summed E-state index contributed by atoms with van der Waals surface area (Å²) in [6, 6.07) is -0.207. The highest BCUT2D eigenvalue weighted by Crippen LogP contribution is 2.20. The van der Waals surface area contributed by atoms with Gasteiger partial charge in [0.05, 0.1) is 11.5 Å². The summed E-state index contributed by atoms with van der Waals surface area (Å²) in [4.78, 5) is 22.9. The van der Waals surface area contributed by atoms with Gasteiger partial charge in [-0.1, -0.05) is 6.92 Å². The number of amides is 2. The minimum atomic E-state index is -0.916. The molecule has 6 heteroatoms. The fourth-order valence-electron chi connectivity index (χ4n) is 1.99. The van der Waals surface area contributed by atoms with Gasteiger partial charge in [0.15, 0.2) is 0 Å². The van der Waals surface area contributed by atoms with Crippen LogP contribution in [0.15, 0.2) is 0 Å². The van der Waals surface area contributed by atoms with Crippen LogP contribution in [0.1, 0.15) is 40.0 Å². The van der Waals surface area contributed by atoms with Gasteiger partial charge in [-0.3, -0.25) is 4.79 Å². The SMILES string of the molecule is CCC(C)(CNC(=O)NC1CCOC(C)C1)C(=O)O. The number of carbonyl (C=O) groups excluding carboxylic acids is 1. The van der Waals surface area contributed by atoms with E-state index < -0.39 is 11.4 Å². The van der Waals surface area contributed by atoms with Crippen LogP contribution < -0.4 is 10.6 Å². The molecule has 1 fully saturated rings. The molecule has 1 heterocycles. The molecule has 1 rings (SSSR count). The van der Waals surface area contributed by atoms with Gasteiger partial charge in [0.2, 0.25) is 0 Å². The van der Waals surface area contributed by atoms with Crippen molar-refractivity contribution in [2.45, 2.75) is 52.2 Å². The van der Waals surface area contributed by atoms with E-state index in [1.807, 2.05) is 6.92 Å². The Morgan fingerprint density at radius 2 is 2.16 bits per heavy atom. The minimum Gasteiger partial charge on any atom is -0.481 e. The van der Waals surface area contributed by atoms with Crippen molar-refractivity contribution in [1.29, 1.82) is 0 Å². The molecule has 19 heavy (non-hydrogen) atoms. The Labute approximate surface area is 113 Å². The van der Waals surface area contributed by atoms with Crippen LogP contribution in [0.2, 0.25) is 0 Å². The van der Waals surface area contributed by atoms with Gasteiger partial charge in [0.25, 0.3) is 0 Å². The summed E-state index contributed by atoms with van der Waals surface area (Å²) in [6.45, 7) is 6.18. The summed E-state index contributed by atoms with van der Waals surface area (Å²) in [7, 11) is 0. The number of aliphatic carboxylic acids is 1. The maximum Gasteiger partial charge on any atom is 0.315 e. The zero-order valence-corrected chi connectivity index (χ0v) is 11.9. The second-order valence-electron chi connectivity index (χ2n) is 5.45. The number of rotatable bonds is 5. The lowest BCUT2D eigenvalue weighted by atomic mass is 9.88. The van der Waals surface area contributed by atoms with E-state index in [0.717, 1.165) is 12.8 Å². The number of carbonyl (C=O) groups is 2. The molecule has 0 saturated carbocycles. The second-order valence-corrected chi connectivity index (χ2v) is 5.45. The van der Waals surface area contributed by atoms with Gasteiger partial charge in [-0.2, -0.15) is 0 Å². The molecule has 1 aliphatic heterocycles. The third-order valence-electron chi connectivity index (χ3n) is 3.76. The summed E-state index contributed by atoms with van der Waals surface area (Å²) in [5, 5.41) is 14.6. The first-order valence-corrected chi connectivity index (χ1v) is 6.76. The molecule has 0 bridgehead atoms. The zero-order chi connectivity index (χ0) is 14.5. The second kappa shape index (κ2) is 6.75. The molecule has 0 radical (unpaired) electrons. The van der Waals surface area contributed by atoms with Crippen LogP contribution >= 0.6 is 0 Å². The number of urea groups is 1. The van der Waals surface area contributed by atoms with E-state index in [-0.39, 0.29) is 24.7 Å². The molecule has 1 saturated heterocycles. The van der Waals surface area contributed by atoms with E-state index in [2.05, 4.69) is 10.6 Å². The smallest absolute Gasteiger partial charge is 0.315 e. The van der Waals surface area contributed by atoms with Crippen LogP contribution in [0.4, 0.5) is 4.79 Å². The summed E-state index contributed by atoms with van der Waals surface area (Å²) in [6.07, 6.45) is 2.20. The molecule has 3 unspecified atom stereocenters. The maximum absolute atomic E-state index is 11.7. The Morgan fingerprint density at radius 3 is 2.68 bits per heavy atom. The molecule has 0 spiro atoms. The van der Waals surface area contributed by atoms with Crippen molar-refractivity contribution in [3.8, 4) is 0 Å². The van der Waals surface area contributed by atoms with Gasteiger partial charge >= 0.3 is 12.0 Å². The predicted octanol–water partition coefficient (Wildman–Crippen LogP) is 1.35. The predicted molar refractivity (Wildman–Crippen MR) is 71.0 cm³/mol. The fourth-order valence-corrected chi connectivity index (χ4v) is 1.99. The highest BCUT2D eigenvalue weighted by Gasteiger charge is 2.31. The zero-order valence-electron chi connectivity index (χ0n) is 11.9. The third kappa shape index (κ3) is 4.70. The Morgan fingerprint density at radius 1 is 1.47 bits per heavy atom. The molecule has 2 amide bonds. The van der Waals surface area contributed by atoms with E-state index in [9.17, 15) is 9.59 Å². The lowest BCUT2D eigenvalue weighted by Crippen LogP contribution is -2.49. The summed E-state index contributed by atoms with van der Waals surface area (Å²) in [5.74, 6) is -0.894. The van der Waals surface area contributed by atoms with E-state index >= 15 is 0 Å². The van der Waals surface area contributed by atoms with Crippen molar-refractivity contribution in [2.75, 3.05) is 13.2 Å². The monoisotopic (exact) mass is 272 g/mol. The van der Waals surface area contributed by atoms with Gasteiger partial charge < -0.3 is 20.5 Å². The quantitative estimate of drug-likeness (QED) is 0.705. The first-order chi connectivity index (χ1) is 8.87. The molecule has 3 atom stereocenters. The van der Waals surface area contributed by atoms with Crippen LogP contribution in [-0.4, -0.2) is 42.4 Å². The van der Waals surface area contributed by atoms with E-state index in [1.165, 1.54) is 0 Å². The summed E-state index contributed by atoms with van der Waals surface area (Å²) >= 11 is 0. The minimum absolute atomic E-state index is 0.0986. The average Bonchev–Trinajstić information content (AvgIpc) is 2.35. The lowest BCUT2D eigenvalue weighted by Gasteiger charge is -2.29. The molecule has 0 aromatic heterocycles. The largest absolute Gasteiger partial charge is 0.481 e. The molecule has 3 N–H and O–H groups in total. The van der Waals surface area contributed by atoms with Crippen LogP contribution in [-0.2, 0) is 9.53 Å². The number of hydrogen-bond acceptors (Lipinski definition) is 3. The molecule has 6 nitrogen and oxygen atoms in total. The molecular formula is C13H24N2O4. The van der Waals surface area contributed by atoms with Crippen molar-refractivity contribution in [3.63, 3.8) is 0 Å². The number of ether oxygens (including phenoxy) is 1. The maximum atomic E-state index is 11.7. The average molecular weight is 272 g/mol. The van der Waals surface area contributed by atoms with E-state index in [4.69, 9.17) is 9.84 Å². The summed E-state index contributed by atoms with van der Waals surface area (Å²) in [5.41, 5.74) is -0.916. The van der Waals surface area contributed by atoms with Crippen LogP contribution in [0.3, 0.4) is 0 Å². The first kappa shape index (κ1) is 15.8. The van der Waals surface area contributed by atoms with E-state index in [1.54, 1.807) is 13.8 Å². The number of hydrogen-bond donors (Lipinski definition) is 3. The number of carboxylic acid groups (broad SMARTS) is 1. The fraction of sp³-hybridized carbons (Fsp3) is 0.846. The summed E-state index contributed by atoms with van der Waals surface area (Å²) < 4.78 is 5.40. The molecule has 0 aromatic carbocycles. The van der Waals surface area contributed by atoms with E-state index in [0.29, 0.717) is 13.0 Å². The van der Waals surface area contributed by atoms with Crippen LogP contribution in [0.25, 0.3) is 0 Å². The van der Waals surface area contributed by atoms with Crippen LogP contribution in [0.5, 0.6) is 0 Å². The molecule has 110 valence electrons. The molecule has 0 aliphatic carbocycles. The molecule has 0 aromatic rings. The Bertz CT molecular complexity index is 335. The molecular weight excluding hydrogens is 248 g/mol. The number of carboxylic acids is 1. The Balaban J connectivity index is 2.37. The van der Waals surface area contributed by atoms with Crippen molar-refractivity contribution in [2.24, 2.45) is 5.41 Å². The Kier molecular flexibility index (Phi) is 5.60. The molecule has 1 aliphatic rings. The van der Waals surface area contributed by atoms with Crippen molar-refractivity contribution in [1.82, 2.24) is 10.6 Å². The standard InChI is InChI=1S/C13H24N2O4/c1-4-13(3,11(16)17)8-14-12(18)15-10-5-6-19-9(2)7-10/h9-10H,4-8H2,1-3H3,(H,16,17)(H2,14,15,18). The first-order valence-electron chi connectivity index (χ1n) is 6.76. The van der Waals surface area contributed by atoms with Crippen molar-refractivity contribution in [3.05, 3.63) is 0 Å². The normalized spacial score (nSPS) is 26.3. The van der Waals surface area contributed by atoms with Crippen LogP contribution in [0, 0.1) is 5.41 Å². The van der Waals surface area contributed by atoms with Gasteiger partial charge in [-0.05, 0) is 33.1 Å². The highest BCUT2D eigenvalue weighted by molar-refractivity contribution is 5.77.